The summed E-state index contributed by atoms with van der Waals surface area (Å²) in [5, 5.41) is 10.4. The molecule has 1 aromatic heterocycles. The number of aliphatic hydroxyl groups is 1. The molecule has 2 rings (SSSR count). The standard InChI is InChI=1S/C18H26N2O/c1-2-3-4-5-6-7-8-12-17(21)15-10-9-11-16-18(15)20-14-13-19-16/h9-11,13-14,17,21H,2-8,12H2,1H3. The normalized spacial score (nSPS) is 12.7. The second-order valence-corrected chi connectivity index (χ2v) is 5.70. The third-order valence-electron chi connectivity index (χ3n) is 3.97. The first kappa shape index (κ1) is 15.9. The third kappa shape index (κ3) is 4.78. The topological polar surface area (TPSA) is 46.0 Å². The predicted octanol–water partition coefficient (Wildman–Crippen LogP) is 4.80. The molecule has 0 aliphatic heterocycles. The molecule has 2 aromatic rings. The van der Waals surface area contributed by atoms with E-state index in [1.165, 1.54) is 38.5 Å². The molecule has 0 radical (unpaired) electrons. The predicted molar refractivity (Wildman–Crippen MR) is 87.1 cm³/mol. The first-order chi connectivity index (χ1) is 10.3. The van der Waals surface area contributed by atoms with E-state index in [9.17, 15) is 5.11 Å². The van der Waals surface area contributed by atoms with Crippen LogP contribution in [0, 0.1) is 0 Å². The fraction of sp³-hybridized carbons (Fsp3) is 0.556. The van der Waals surface area contributed by atoms with E-state index in [0.717, 1.165) is 29.4 Å². The van der Waals surface area contributed by atoms with Crippen molar-refractivity contribution < 1.29 is 5.11 Å². The highest BCUT2D eigenvalue weighted by molar-refractivity contribution is 5.77. The summed E-state index contributed by atoms with van der Waals surface area (Å²) in [6.45, 7) is 2.24. The van der Waals surface area contributed by atoms with Gasteiger partial charge in [-0.2, -0.15) is 0 Å². The van der Waals surface area contributed by atoms with E-state index in [-0.39, 0.29) is 0 Å². The van der Waals surface area contributed by atoms with Crippen molar-refractivity contribution in [2.45, 2.75) is 64.4 Å². The number of hydrogen-bond acceptors (Lipinski definition) is 3. The number of benzene rings is 1. The molecule has 3 heteroatoms. The van der Waals surface area contributed by atoms with E-state index < -0.39 is 6.10 Å². The van der Waals surface area contributed by atoms with Crippen LogP contribution in [0.5, 0.6) is 0 Å². The Morgan fingerprint density at radius 1 is 0.952 bits per heavy atom. The largest absolute Gasteiger partial charge is 0.388 e. The lowest BCUT2D eigenvalue weighted by Gasteiger charge is -2.12. The molecule has 0 saturated heterocycles. The molecule has 1 atom stereocenters. The highest BCUT2D eigenvalue weighted by Crippen LogP contribution is 2.25. The molecule has 0 saturated carbocycles. The molecule has 1 aromatic carbocycles. The molecule has 114 valence electrons. The van der Waals surface area contributed by atoms with E-state index in [0.29, 0.717) is 0 Å². The van der Waals surface area contributed by atoms with Crippen molar-refractivity contribution in [2.24, 2.45) is 0 Å². The molecule has 0 amide bonds. The van der Waals surface area contributed by atoms with Gasteiger partial charge in [-0.15, -0.1) is 0 Å². The van der Waals surface area contributed by atoms with Gasteiger partial charge in [-0.25, -0.2) is 0 Å². The summed E-state index contributed by atoms with van der Waals surface area (Å²) in [7, 11) is 0. The van der Waals surface area contributed by atoms with Crippen molar-refractivity contribution in [3.8, 4) is 0 Å². The molecule has 0 aliphatic rings. The molecule has 0 spiro atoms. The van der Waals surface area contributed by atoms with Gasteiger partial charge in [-0.3, -0.25) is 9.97 Å². The zero-order valence-corrected chi connectivity index (χ0v) is 13.0. The maximum absolute atomic E-state index is 10.4. The Hall–Kier alpha value is -1.48. The number of rotatable bonds is 9. The maximum Gasteiger partial charge on any atom is 0.0944 e. The Bertz CT molecular complexity index is 536. The van der Waals surface area contributed by atoms with Crippen LogP contribution in [-0.4, -0.2) is 15.1 Å². The summed E-state index contributed by atoms with van der Waals surface area (Å²) < 4.78 is 0. The van der Waals surface area contributed by atoms with E-state index >= 15 is 0 Å². The Morgan fingerprint density at radius 2 is 1.67 bits per heavy atom. The van der Waals surface area contributed by atoms with Crippen LogP contribution in [0.25, 0.3) is 11.0 Å². The van der Waals surface area contributed by atoms with Crippen molar-refractivity contribution in [1.29, 1.82) is 0 Å². The fourth-order valence-electron chi connectivity index (χ4n) is 2.73. The number of para-hydroxylation sites is 1. The molecule has 0 bridgehead atoms. The first-order valence-corrected chi connectivity index (χ1v) is 8.20. The third-order valence-corrected chi connectivity index (χ3v) is 3.97. The van der Waals surface area contributed by atoms with Gasteiger partial charge < -0.3 is 5.11 Å². The smallest absolute Gasteiger partial charge is 0.0944 e. The van der Waals surface area contributed by atoms with Gasteiger partial charge in [0, 0.05) is 18.0 Å². The minimum absolute atomic E-state index is 0.430. The highest BCUT2D eigenvalue weighted by atomic mass is 16.3. The van der Waals surface area contributed by atoms with Crippen LogP contribution >= 0.6 is 0 Å². The number of unbranched alkanes of at least 4 members (excludes halogenated alkanes) is 6. The molecule has 21 heavy (non-hydrogen) atoms. The molecule has 3 nitrogen and oxygen atoms in total. The monoisotopic (exact) mass is 286 g/mol. The van der Waals surface area contributed by atoms with E-state index in [4.69, 9.17) is 0 Å². The quantitative estimate of drug-likeness (QED) is 0.673. The zero-order valence-electron chi connectivity index (χ0n) is 13.0. The maximum atomic E-state index is 10.4. The van der Waals surface area contributed by atoms with Crippen molar-refractivity contribution in [2.75, 3.05) is 0 Å². The molecule has 1 unspecified atom stereocenters. The number of aromatic nitrogens is 2. The zero-order chi connectivity index (χ0) is 14.9. The number of fused-ring (bicyclic) bond motifs is 1. The minimum atomic E-state index is -0.430. The minimum Gasteiger partial charge on any atom is -0.388 e. The van der Waals surface area contributed by atoms with Gasteiger partial charge in [-0.1, -0.05) is 64.0 Å². The first-order valence-electron chi connectivity index (χ1n) is 8.20. The second kappa shape index (κ2) is 8.73. The van der Waals surface area contributed by atoms with Crippen LogP contribution < -0.4 is 0 Å². The van der Waals surface area contributed by atoms with E-state index in [2.05, 4.69) is 16.9 Å². The number of hydrogen-bond donors (Lipinski definition) is 1. The summed E-state index contributed by atoms with van der Waals surface area (Å²) >= 11 is 0. The van der Waals surface area contributed by atoms with Gasteiger partial charge >= 0.3 is 0 Å². The average molecular weight is 286 g/mol. The Balaban J connectivity index is 1.81. The van der Waals surface area contributed by atoms with Crippen molar-refractivity contribution >= 4 is 11.0 Å². The molecular formula is C18H26N2O. The summed E-state index contributed by atoms with van der Waals surface area (Å²) in [6.07, 6.45) is 12.6. The van der Waals surface area contributed by atoms with Crippen LogP contribution in [0.15, 0.2) is 30.6 Å². The lowest BCUT2D eigenvalue weighted by Crippen LogP contribution is -2.00. The fourth-order valence-corrected chi connectivity index (χ4v) is 2.73. The SMILES string of the molecule is CCCCCCCCCC(O)c1cccc2nccnc12. The van der Waals surface area contributed by atoms with Gasteiger partial charge in [-0.05, 0) is 12.5 Å². The molecule has 1 heterocycles. The van der Waals surface area contributed by atoms with E-state index in [1.807, 2.05) is 18.2 Å². The van der Waals surface area contributed by atoms with Crippen molar-refractivity contribution in [3.05, 3.63) is 36.2 Å². The second-order valence-electron chi connectivity index (χ2n) is 5.70. The molecule has 1 N–H and O–H groups in total. The molecule has 0 fully saturated rings. The Labute approximate surface area is 127 Å². The summed E-state index contributed by atoms with van der Waals surface area (Å²) in [5.41, 5.74) is 2.59. The average Bonchev–Trinajstić information content (AvgIpc) is 2.53. The highest BCUT2D eigenvalue weighted by Gasteiger charge is 2.12. The van der Waals surface area contributed by atoms with Gasteiger partial charge in [0.15, 0.2) is 0 Å². The summed E-state index contributed by atoms with van der Waals surface area (Å²) in [5.74, 6) is 0. The Morgan fingerprint density at radius 3 is 2.48 bits per heavy atom. The van der Waals surface area contributed by atoms with Crippen molar-refractivity contribution in [3.63, 3.8) is 0 Å². The number of nitrogens with zero attached hydrogens (tertiary/aromatic N) is 2. The van der Waals surface area contributed by atoms with Gasteiger partial charge in [0.2, 0.25) is 0 Å². The lowest BCUT2D eigenvalue weighted by molar-refractivity contribution is 0.164. The lowest BCUT2D eigenvalue weighted by atomic mass is 10.0. The Kier molecular flexibility index (Phi) is 6.61. The summed E-state index contributed by atoms with van der Waals surface area (Å²) in [6, 6.07) is 5.84. The van der Waals surface area contributed by atoms with Crippen LogP contribution in [0.3, 0.4) is 0 Å². The van der Waals surface area contributed by atoms with E-state index in [1.54, 1.807) is 12.4 Å². The van der Waals surface area contributed by atoms with Gasteiger partial charge in [0.25, 0.3) is 0 Å². The van der Waals surface area contributed by atoms with Gasteiger partial charge in [0.05, 0.1) is 17.1 Å². The van der Waals surface area contributed by atoms with Crippen molar-refractivity contribution in [1.82, 2.24) is 9.97 Å². The number of aliphatic hydroxyl groups excluding tert-OH is 1. The molecule has 0 aliphatic carbocycles. The van der Waals surface area contributed by atoms with Gasteiger partial charge in [0.1, 0.15) is 0 Å². The van der Waals surface area contributed by atoms with Crippen LogP contribution in [0.1, 0.15) is 70.0 Å². The van der Waals surface area contributed by atoms with Crippen LogP contribution in [0.2, 0.25) is 0 Å². The van der Waals surface area contributed by atoms with Crippen LogP contribution in [0.4, 0.5) is 0 Å². The summed E-state index contributed by atoms with van der Waals surface area (Å²) in [4.78, 5) is 8.65. The van der Waals surface area contributed by atoms with Crippen LogP contribution in [-0.2, 0) is 0 Å². The molecular weight excluding hydrogens is 260 g/mol.